The first-order chi connectivity index (χ1) is 8.66. The van der Waals surface area contributed by atoms with Crippen LogP contribution in [0.5, 0.6) is 0 Å². The molecule has 0 spiro atoms. The largest absolute Gasteiger partial charge is 0.371 e. The molecule has 0 saturated carbocycles. The average Bonchev–Trinajstić information content (AvgIpc) is 2.76. The maximum atomic E-state index is 3.55. The molecule has 1 atom stereocenters. The lowest BCUT2D eigenvalue weighted by Crippen LogP contribution is -2.24. The zero-order chi connectivity index (χ0) is 13.0. The van der Waals surface area contributed by atoms with Gasteiger partial charge in [-0.15, -0.1) is 0 Å². The maximum Gasteiger partial charge on any atom is 0.0411 e. The number of nitrogens with one attached hydrogen (secondary N) is 1. The van der Waals surface area contributed by atoms with Gasteiger partial charge in [0.1, 0.15) is 0 Å². The first-order valence-corrected chi connectivity index (χ1v) is 7.20. The molecule has 2 heteroatoms. The highest BCUT2D eigenvalue weighted by molar-refractivity contribution is 5.54. The van der Waals surface area contributed by atoms with E-state index in [1.807, 2.05) is 0 Å². The molecular formula is C16H26N2. The minimum absolute atomic E-state index is 0.712. The van der Waals surface area contributed by atoms with Crippen LogP contribution in [0.15, 0.2) is 24.3 Å². The van der Waals surface area contributed by atoms with E-state index in [9.17, 15) is 0 Å². The highest BCUT2D eigenvalue weighted by atomic mass is 15.2. The topological polar surface area (TPSA) is 15.3 Å². The van der Waals surface area contributed by atoms with E-state index in [1.165, 1.54) is 30.8 Å². The van der Waals surface area contributed by atoms with Gasteiger partial charge in [0.2, 0.25) is 0 Å². The molecule has 1 N–H and O–H groups in total. The Morgan fingerprint density at radius 2 is 2.11 bits per heavy atom. The molecule has 0 bridgehead atoms. The van der Waals surface area contributed by atoms with Gasteiger partial charge in [0.05, 0.1) is 0 Å². The zero-order valence-electron chi connectivity index (χ0n) is 11.9. The van der Waals surface area contributed by atoms with Gasteiger partial charge in [0.15, 0.2) is 0 Å². The van der Waals surface area contributed by atoms with Gasteiger partial charge < -0.3 is 10.2 Å². The minimum Gasteiger partial charge on any atom is -0.371 e. The first kappa shape index (κ1) is 13.4. The summed E-state index contributed by atoms with van der Waals surface area (Å²) >= 11 is 0. The summed E-state index contributed by atoms with van der Waals surface area (Å²) in [7, 11) is 0. The fourth-order valence-corrected chi connectivity index (χ4v) is 2.62. The molecular weight excluding hydrogens is 220 g/mol. The molecule has 1 aromatic carbocycles. The molecule has 1 fully saturated rings. The SMILES string of the molecule is CC(C)CNCc1ccccc1N1CCC(C)C1. The number of para-hydroxylation sites is 1. The summed E-state index contributed by atoms with van der Waals surface area (Å²) in [5, 5.41) is 3.55. The second-order valence-electron chi connectivity index (χ2n) is 5.99. The molecule has 0 aromatic heterocycles. The van der Waals surface area contributed by atoms with Gasteiger partial charge in [-0.2, -0.15) is 0 Å². The molecule has 0 radical (unpaired) electrons. The Hall–Kier alpha value is -1.02. The molecule has 1 heterocycles. The van der Waals surface area contributed by atoms with Crippen molar-refractivity contribution in [3.63, 3.8) is 0 Å². The fourth-order valence-electron chi connectivity index (χ4n) is 2.62. The monoisotopic (exact) mass is 246 g/mol. The number of nitrogens with zero attached hydrogens (tertiary/aromatic N) is 1. The molecule has 0 amide bonds. The van der Waals surface area contributed by atoms with E-state index in [0.717, 1.165) is 19.0 Å². The number of benzene rings is 1. The molecule has 2 nitrogen and oxygen atoms in total. The Morgan fingerprint density at radius 3 is 2.78 bits per heavy atom. The van der Waals surface area contributed by atoms with Crippen LogP contribution < -0.4 is 10.2 Å². The summed E-state index contributed by atoms with van der Waals surface area (Å²) in [5.41, 5.74) is 2.87. The summed E-state index contributed by atoms with van der Waals surface area (Å²) in [6, 6.07) is 8.83. The second-order valence-corrected chi connectivity index (χ2v) is 5.99. The Labute approximate surface area is 111 Å². The van der Waals surface area contributed by atoms with Gasteiger partial charge >= 0.3 is 0 Å². The number of hydrogen-bond donors (Lipinski definition) is 1. The van der Waals surface area contributed by atoms with E-state index in [4.69, 9.17) is 0 Å². The summed E-state index contributed by atoms with van der Waals surface area (Å²) < 4.78 is 0. The van der Waals surface area contributed by atoms with Gasteiger partial charge in [0, 0.05) is 25.3 Å². The molecule has 100 valence electrons. The van der Waals surface area contributed by atoms with Crippen LogP contribution in [0.25, 0.3) is 0 Å². The summed E-state index contributed by atoms with van der Waals surface area (Å²) in [4.78, 5) is 2.54. The minimum atomic E-state index is 0.712. The van der Waals surface area contributed by atoms with Gasteiger partial charge in [-0.25, -0.2) is 0 Å². The van der Waals surface area contributed by atoms with Crippen LogP contribution >= 0.6 is 0 Å². The third-order valence-corrected chi connectivity index (χ3v) is 3.62. The first-order valence-electron chi connectivity index (χ1n) is 7.20. The van der Waals surface area contributed by atoms with E-state index in [0.29, 0.717) is 5.92 Å². The van der Waals surface area contributed by atoms with Crippen LogP contribution in [-0.2, 0) is 6.54 Å². The van der Waals surface area contributed by atoms with Crippen molar-refractivity contribution in [3.8, 4) is 0 Å². The lowest BCUT2D eigenvalue weighted by atomic mass is 10.1. The van der Waals surface area contributed by atoms with Gasteiger partial charge in [-0.3, -0.25) is 0 Å². The van der Waals surface area contributed by atoms with Crippen LogP contribution in [0.4, 0.5) is 5.69 Å². The van der Waals surface area contributed by atoms with Crippen LogP contribution in [0, 0.1) is 11.8 Å². The normalized spacial score (nSPS) is 19.8. The van der Waals surface area contributed by atoms with Crippen LogP contribution in [0.2, 0.25) is 0 Å². The summed E-state index contributed by atoms with van der Waals surface area (Å²) in [5.74, 6) is 1.55. The fraction of sp³-hybridized carbons (Fsp3) is 0.625. The Kier molecular flexibility index (Phi) is 4.65. The molecule has 1 aliphatic rings. The van der Waals surface area contributed by atoms with Crippen molar-refractivity contribution in [2.24, 2.45) is 11.8 Å². The predicted octanol–water partition coefficient (Wildman–Crippen LogP) is 3.28. The van der Waals surface area contributed by atoms with Gasteiger partial charge in [0.25, 0.3) is 0 Å². The molecule has 1 aromatic rings. The van der Waals surface area contributed by atoms with Crippen molar-refractivity contribution in [3.05, 3.63) is 29.8 Å². The number of hydrogen-bond acceptors (Lipinski definition) is 2. The third-order valence-electron chi connectivity index (χ3n) is 3.62. The molecule has 1 saturated heterocycles. The maximum absolute atomic E-state index is 3.55. The highest BCUT2D eigenvalue weighted by Gasteiger charge is 2.20. The smallest absolute Gasteiger partial charge is 0.0411 e. The molecule has 0 aliphatic carbocycles. The summed E-state index contributed by atoms with van der Waals surface area (Å²) in [6.45, 7) is 11.3. The van der Waals surface area contributed by atoms with Crippen LogP contribution in [0.3, 0.4) is 0 Å². The Bertz CT molecular complexity index is 373. The summed E-state index contributed by atoms with van der Waals surface area (Å²) in [6.07, 6.45) is 1.33. The van der Waals surface area contributed by atoms with Crippen molar-refractivity contribution in [2.45, 2.75) is 33.7 Å². The van der Waals surface area contributed by atoms with E-state index in [1.54, 1.807) is 0 Å². The quantitative estimate of drug-likeness (QED) is 0.857. The van der Waals surface area contributed by atoms with Crippen molar-refractivity contribution < 1.29 is 0 Å². The lowest BCUT2D eigenvalue weighted by Gasteiger charge is -2.22. The highest BCUT2D eigenvalue weighted by Crippen LogP contribution is 2.26. The van der Waals surface area contributed by atoms with E-state index < -0.39 is 0 Å². The molecule has 1 aliphatic heterocycles. The standard InChI is InChI=1S/C16H26N2/c1-13(2)10-17-11-15-6-4-5-7-16(15)18-9-8-14(3)12-18/h4-7,13-14,17H,8-12H2,1-3H3. The van der Waals surface area contributed by atoms with E-state index in [2.05, 4.69) is 55.3 Å². The van der Waals surface area contributed by atoms with Crippen LogP contribution in [0.1, 0.15) is 32.8 Å². The van der Waals surface area contributed by atoms with E-state index in [-0.39, 0.29) is 0 Å². The van der Waals surface area contributed by atoms with Gasteiger partial charge in [-0.05, 0) is 36.4 Å². The number of anilines is 1. The van der Waals surface area contributed by atoms with E-state index >= 15 is 0 Å². The Morgan fingerprint density at radius 1 is 1.33 bits per heavy atom. The lowest BCUT2D eigenvalue weighted by molar-refractivity contribution is 0.552. The van der Waals surface area contributed by atoms with Crippen molar-refractivity contribution in [1.29, 1.82) is 0 Å². The molecule has 2 rings (SSSR count). The Balaban J connectivity index is 2.01. The predicted molar refractivity (Wildman–Crippen MR) is 79.0 cm³/mol. The van der Waals surface area contributed by atoms with Crippen molar-refractivity contribution in [1.82, 2.24) is 5.32 Å². The average molecular weight is 246 g/mol. The van der Waals surface area contributed by atoms with Crippen LogP contribution in [-0.4, -0.2) is 19.6 Å². The second kappa shape index (κ2) is 6.24. The van der Waals surface area contributed by atoms with Crippen molar-refractivity contribution >= 4 is 5.69 Å². The zero-order valence-corrected chi connectivity index (χ0v) is 11.9. The van der Waals surface area contributed by atoms with Crippen molar-refractivity contribution in [2.75, 3.05) is 24.5 Å². The molecule has 1 unspecified atom stereocenters. The molecule has 18 heavy (non-hydrogen) atoms. The van der Waals surface area contributed by atoms with Gasteiger partial charge in [-0.1, -0.05) is 39.0 Å². The third kappa shape index (κ3) is 3.49. The number of rotatable bonds is 5.